The Hall–Kier alpha value is -3.72. The van der Waals surface area contributed by atoms with Crippen LogP contribution in [-0.2, 0) is 20.5 Å². The van der Waals surface area contributed by atoms with Crippen LogP contribution >= 0.6 is 0 Å². The Balaban J connectivity index is 1.64. The summed E-state index contributed by atoms with van der Waals surface area (Å²) in [5, 5.41) is 3.70. The molecule has 30 heavy (non-hydrogen) atoms. The maximum Gasteiger partial charge on any atom is 0.337 e. The molecule has 0 bridgehead atoms. The maximum absolute atomic E-state index is 12.9. The number of benzene rings is 2. The van der Waals surface area contributed by atoms with E-state index in [0.29, 0.717) is 28.0 Å². The molecular weight excluding hydrogens is 404 g/mol. The van der Waals surface area contributed by atoms with Gasteiger partial charge in [0, 0.05) is 11.9 Å². The van der Waals surface area contributed by atoms with Gasteiger partial charge in [0.2, 0.25) is 10.0 Å². The molecule has 0 atom stereocenters. The SMILES string of the molecule is COC(=O)c1ccc(Nc2ncnc3c2ccn3S(=O)(=O)Cc2ccccc2)cc1. The van der Waals surface area contributed by atoms with Crippen LogP contribution in [0.25, 0.3) is 11.0 Å². The molecule has 1 N–H and O–H groups in total. The highest BCUT2D eigenvalue weighted by Crippen LogP contribution is 2.26. The van der Waals surface area contributed by atoms with Crippen molar-refractivity contribution >= 4 is 38.5 Å². The van der Waals surface area contributed by atoms with Gasteiger partial charge in [0.05, 0.1) is 23.8 Å². The summed E-state index contributed by atoms with van der Waals surface area (Å²) in [5.41, 5.74) is 2.09. The predicted octanol–water partition coefficient (Wildman–Crippen LogP) is 3.34. The van der Waals surface area contributed by atoms with Gasteiger partial charge in [0.1, 0.15) is 12.1 Å². The molecule has 0 aliphatic heterocycles. The fourth-order valence-corrected chi connectivity index (χ4v) is 4.46. The van der Waals surface area contributed by atoms with E-state index in [-0.39, 0.29) is 11.4 Å². The molecule has 0 fully saturated rings. The number of esters is 1. The number of nitrogens with one attached hydrogen (secondary N) is 1. The van der Waals surface area contributed by atoms with Crippen molar-refractivity contribution in [3.05, 3.63) is 84.3 Å². The average Bonchev–Trinajstić information content (AvgIpc) is 3.20. The van der Waals surface area contributed by atoms with Crippen molar-refractivity contribution in [2.75, 3.05) is 12.4 Å². The van der Waals surface area contributed by atoms with Crippen LogP contribution < -0.4 is 5.32 Å². The number of methoxy groups -OCH3 is 1. The second kappa shape index (κ2) is 7.96. The van der Waals surface area contributed by atoms with Crippen molar-refractivity contribution in [2.24, 2.45) is 0 Å². The van der Waals surface area contributed by atoms with E-state index in [4.69, 9.17) is 0 Å². The first-order valence-electron chi connectivity index (χ1n) is 9.02. The summed E-state index contributed by atoms with van der Waals surface area (Å²) in [6, 6.07) is 17.3. The minimum atomic E-state index is -3.66. The maximum atomic E-state index is 12.9. The molecule has 0 amide bonds. The van der Waals surface area contributed by atoms with Crippen LogP contribution in [0.2, 0.25) is 0 Å². The summed E-state index contributed by atoms with van der Waals surface area (Å²) >= 11 is 0. The third kappa shape index (κ3) is 3.87. The molecule has 2 aromatic heterocycles. The summed E-state index contributed by atoms with van der Waals surface area (Å²) in [5.74, 6) is -0.106. The van der Waals surface area contributed by atoms with Crippen molar-refractivity contribution in [2.45, 2.75) is 5.75 Å². The van der Waals surface area contributed by atoms with Gasteiger partial charge in [-0.25, -0.2) is 27.2 Å². The lowest BCUT2D eigenvalue weighted by Gasteiger charge is -2.09. The van der Waals surface area contributed by atoms with E-state index in [1.54, 1.807) is 54.6 Å². The van der Waals surface area contributed by atoms with Crippen LogP contribution in [0.3, 0.4) is 0 Å². The van der Waals surface area contributed by atoms with E-state index >= 15 is 0 Å². The van der Waals surface area contributed by atoms with Crippen molar-refractivity contribution in [1.29, 1.82) is 0 Å². The molecule has 0 aliphatic carbocycles. The molecule has 0 spiro atoms. The van der Waals surface area contributed by atoms with Crippen molar-refractivity contribution in [1.82, 2.24) is 13.9 Å². The van der Waals surface area contributed by atoms with Gasteiger partial charge in [-0.3, -0.25) is 0 Å². The Morgan fingerprint density at radius 3 is 2.47 bits per heavy atom. The first-order chi connectivity index (χ1) is 14.5. The van der Waals surface area contributed by atoms with Crippen molar-refractivity contribution in [3.63, 3.8) is 0 Å². The second-order valence-electron chi connectivity index (χ2n) is 6.51. The highest BCUT2D eigenvalue weighted by atomic mass is 32.2. The van der Waals surface area contributed by atoms with E-state index in [2.05, 4.69) is 20.0 Å². The standard InChI is InChI=1S/C21H18N4O4S/c1-29-21(26)16-7-9-17(10-8-16)24-19-18-11-12-25(20(18)23-14-22-19)30(27,28)13-15-5-3-2-4-6-15/h2-12,14H,13H2,1H3,(H,22,23,24). The number of hydrogen-bond donors (Lipinski definition) is 1. The van der Waals surface area contributed by atoms with Gasteiger partial charge in [-0.15, -0.1) is 0 Å². The van der Waals surface area contributed by atoms with Gasteiger partial charge >= 0.3 is 5.97 Å². The quantitative estimate of drug-likeness (QED) is 0.475. The van der Waals surface area contributed by atoms with Crippen molar-refractivity contribution in [3.8, 4) is 0 Å². The molecule has 8 nitrogen and oxygen atoms in total. The lowest BCUT2D eigenvalue weighted by Crippen LogP contribution is -2.14. The zero-order valence-electron chi connectivity index (χ0n) is 16.0. The smallest absolute Gasteiger partial charge is 0.337 e. The summed E-state index contributed by atoms with van der Waals surface area (Å²) in [6.07, 6.45) is 2.78. The van der Waals surface area contributed by atoms with E-state index in [1.807, 2.05) is 6.07 Å². The zero-order valence-corrected chi connectivity index (χ0v) is 16.8. The molecule has 0 saturated heterocycles. The number of carbonyl (C=O) groups excluding carboxylic acids is 1. The number of hydrogen-bond acceptors (Lipinski definition) is 7. The van der Waals surface area contributed by atoms with E-state index in [9.17, 15) is 13.2 Å². The molecule has 9 heteroatoms. The average molecular weight is 422 g/mol. The number of rotatable bonds is 6. The Morgan fingerprint density at radius 2 is 1.77 bits per heavy atom. The minimum absolute atomic E-state index is 0.140. The number of anilines is 2. The molecule has 4 rings (SSSR count). The van der Waals surface area contributed by atoms with E-state index in [0.717, 1.165) is 0 Å². The topological polar surface area (TPSA) is 103 Å². The third-order valence-corrected chi connectivity index (χ3v) is 6.10. The van der Waals surface area contributed by atoms with Crippen molar-refractivity contribution < 1.29 is 17.9 Å². The van der Waals surface area contributed by atoms with Gasteiger partial charge in [-0.1, -0.05) is 30.3 Å². The Bertz CT molecular complexity index is 1300. The molecule has 152 valence electrons. The number of ether oxygens (including phenoxy) is 1. The molecule has 0 radical (unpaired) electrons. The molecule has 2 heterocycles. The highest BCUT2D eigenvalue weighted by Gasteiger charge is 2.19. The predicted molar refractivity (Wildman–Crippen MR) is 113 cm³/mol. The van der Waals surface area contributed by atoms with Crippen LogP contribution in [0, 0.1) is 0 Å². The minimum Gasteiger partial charge on any atom is -0.465 e. The van der Waals surface area contributed by atoms with E-state index in [1.165, 1.54) is 23.6 Å². The van der Waals surface area contributed by atoms with Crippen LogP contribution in [-0.4, -0.2) is 35.4 Å². The molecular formula is C21H18N4O4S. The number of fused-ring (bicyclic) bond motifs is 1. The summed E-state index contributed by atoms with van der Waals surface area (Å²) < 4.78 is 31.7. The van der Waals surface area contributed by atoms with Gasteiger partial charge < -0.3 is 10.1 Å². The Kier molecular flexibility index (Phi) is 5.20. The molecule has 0 unspecified atom stereocenters. The van der Waals surface area contributed by atoms with Gasteiger partial charge in [-0.05, 0) is 35.9 Å². The monoisotopic (exact) mass is 422 g/mol. The second-order valence-corrected chi connectivity index (χ2v) is 8.35. The first-order valence-corrected chi connectivity index (χ1v) is 10.6. The fraction of sp³-hybridized carbons (Fsp3) is 0.0952. The van der Waals surface area contributed by atoms with E-state index < -0.39 is 16.0 Å². The Labute approximate surface area is 173 Å². The summed E-state index contributed by atoms with van der Waals surface area (Å²) in [7, 11) is -2.34. The van der Waals surface area contributed by atoms with Crippen LogP contribution in [0.4, 0.5) is 11.5 Å². The number of aromatic nitrogens is 3. The number of nitrogens with zero attached hydrogens (tertiary/aromatic N) is 3. The van der Waals surface area contributed by atoms with Gasteiger partial charge in [-0.2, -0.15) is 0 Å². The fourth-order valence-electron chi connectivity index (χ4n) is 3.05. The summed E-state index contributed by atoms with van der Waals surface area (Å²) in [4.78, 5) is 20.0. The van der Waals surface area contributed by atoms with Crippen LogP contribution in [0.5, 0.6) is 0 Å². The molecule has 2 aromatic carbocycles. The normalized spacial score (nSPS) is 11.4. The largest absolute Gasteiger partial charge is 0.465 e. The molecule has 0 saturated carbocycles. The summed E-state index contributed by atoms with van der Waals surface area (Å²) in [6.45, 7) is 0. The first kappa shape index (κ1) is 19.6. The lowest BCUT2D eigenvalue weighted by atomic mass is 10.2. The van der Waals surface area contributed by atoms with Crippen LogP contribution in [0.1, 0.15) is 15.9 Å². The number of carbonyl (C=O) groups is 1. The highest BCUT2D eigenvalue weighted by molar-refractivity contribution is 7.89. The zero-order chi connectivity index (χ0) is 21.1. The molecule has 0 aliphatic rings. The third-order valence-electron chi connectivity index (χ3n) is 4.51. The molecule has 4 aromatic rings. The lowest BCUT2D eigenvalue weighted by molar-refractivity contribution is 0.0600. The van der Waals surface area contributed by atoms with Gasteiger partial charge in [0.15, 0.2) is 5.65 Å². The van der Waals surface area contributed by atoms with Gasteiger partial charge in [0.25, 0.3) is 0 Å². The van der Waals surface area contributed by atoms with Crippen LogP contribution in [0.15, 0.2) is 73.2 Å². The Morgan fingerprint density at radius 1 is 1.03 bits per heavy atom.